The average Bonchev–Trinajstić information content (AvgIpc) is 3.80. The van der Waals surface area contributed by atoms with Crippen LogP contribution in [0.2, 0.25) is 0 Å². The predicted octanol–water partition coefficient (Wildman–Crippen LogP) is 7.20. The molecule has 1 aliphatic carbocycles. The van der Waals surface area contributed by atoms with Crippen molar-refractivity contribution in [3.63, 3.8) is 0 Å². The van der Waals surface area contributed by atoms with Gasteiger partial charge >= 0.3 is 6.18 Å². The Morgan fingerprint density at radius 3 is 2.35 bits per heavy atom. The van der Waals surface area contributed by atoms with Crippen molar-refractivity contribution >= 4 is 57.2 Å². The third-order valence-electron chi connectivity index (χ3n) is 10.6. The van der Waals surface area contributed by atoms with E-state index in [9.17, 15) is 31.9 Å². The van der Waals surface area contributed by atoms with E-state index < -0.39 is 52.9 Å². The zero-order chi connectivity index (χ0) is 39.2. The van der Waals surface area contributed by atoms with Crippen LogP contribution in [0.1, 0.15) is 74.2 Å². The van der Waals surface area contributed by atoms with Gasteiger partial charge in [-0.1, -0.05) is 89.2 Å². The maximum Gasteiger partial charge on any atom is 0.418 e. The highest BCUT2D eigenvalue weighted by Crippen LogP contribution is 2.40. The Morgan fingerprint density at radius 1 is 0.963 bits per heavy atom. The minimum absolute atomic E-state index is 0.0634. The Hall–Kier alpha value is -4.30. The lowest BCUT2D eigenvalue weighted by Gasteiger charge is -2.40. The lowest BCUT2D eigenvalue weighted by Crippen LogP contribution is -2.67. The molecule has 5 rings (SSSR count). The van der Waals surface area contributed by atoms with Crippen molar-refractivity contribution in [1.29, 1.82) is 0 Å². The number of H-pyrrole nitrogens is 1. The molecule has 8 nitrogen and oxygen atoms in total. The van der Waals surface area contributed by atoms with Crippen molar-refractivity contribution in [2.24, 2.45) is 11.8 Å². The van der Waals surface area contributed by atoms with E-state index in [1.165, 1.54) is 29.1 Å². The summed E-state index contributed by atoms with van der Waals surface area (Å²) in [5.74, 6) is -2.77. The number of benzene rings is 2. The number of para-hydroxylation sites is 1. The number of fused-ring (bicyclic) bond motifs is 3. The third kappa shape index (κ3) is 9.31. The molecule has 0 fully saturated rings. The number of aryl methyl sites for hydroxylation is 1. The highest BCUT2D eigenvalue weighted by molar-refractivity contribution is 7.80. The maximum absolute atomic E-state index is 14.8. The molecule has 2 aromatic heterocycles. The lowest BCUT2D eigenvalue weighted by atomic mass is 9.78. The summed E-state index contributed by atoms with van der Waals surface area (Å²) in [6.45, 7) is 8.14. The number of carbonyl (C=O) groups excluding carboxylic acids is 3. The van der Waals surface area contributed by atoms with E-state index in [4.69, 9.17) is 12.2 Å². The molecule has 0 radical (unpaired) electrons. The van der Waals surface area contributed by atoms with Crippen molar-refractivity contribution in [2.45, 2.75) is 96.4 Å². The number of hydrogen-bond donors (Lipinski definition) is 5. The fraction of sp³-hybridized carbons (Fsp3) is 0.450. The van der Waals surface area contributed by atoms with Crippen LogP contribution in [0, 0.1) is 17.7 Å². The van der Waals surface area contributed by atoms with Crippen LogP contribution in [0.4, 0.5) is 17.6 Å². The second-order valence-corrected chi connectivity index (χ2v) is 15.7. The molecule has 2 heterocycles. The number of rotatable bonds is 15. The summed E-state index contributed by atoms with van der Waals surface area (Å²) in [5, 5.41) is 14.5. The molecule has 14 heteroatoms. The summed E-state index contributed by atoms with van der Waals surface area (Å²) in [5.41, 5.74) is -1.29. The van der Waals surface area contributed by atoms with Crippen molar-refractivity contribution in [1.82, 2.24) is 26.3 Å². The number of aromatic amines is 1. The van der Waals surface area contributed by atoms with Crippen molar-refractivity contribution in [3.05, 3.63) is 93.1 Å². The Balaban J connectivity index is 1.47. The standard InChI is InChI=1S/C40H47F4N5O3S2/c1-5-23(3)33(47-32(50)21-25-11-7-8-15-30(25)41)36(51)49-39(18-16-31-28(22-39)27-13-9-14-29(35(27)46-31)40(42,43)44)38(52)48-34(24(4)6-2)37(53)45-19-17-26-12-10-20-54-26/h7-15,20,23-24,33-34,46H,5-6,16-19,21-22H2,1-4H3,(H,45,53)(H,47,50)(H,48,52)(H,49,51)/t23?,24?,33-,34-,39+/m0/s1. The molecule has 4 aromatic rings. The van der Waals surface area contributed by atoms with Gasteiger partial charge in [-0.3, -0.25) is 14.4 Å². The van der Waals surface area contributed by atoms with Gasteiger partial charge in [0.05, 0.1) is 28.5 Å². The van der Waals surface area contributed by atoms with Crippen LogP contribution in [0.15, 0.2) is 60.0 Å². The topological polar surface area (TPSA) is 115 Å². The van der Waals surface area contributed by atoms with Gasteiger partial charge in [-0.05, 0) is 65.8 Å². The lowest BCUT2D eigenvalue weighted by molar-refractivity contribution is -0.137. The van der Waals surface area contributed by atoms with E-state index in [2.05, 4.69) is 26.3 Å². The molecule has 0 bridgehead atoms. The van der Waals surface area contributed by atoms with Crippen molar-refractivity contribution in [2.75, 3.05) is 6.54 Å². The van der Waals surface area contributed by atoms with Gasteiger partial charge in [-0.25, -0.2) is 4.39 Å². The second kappa shape index (κ2) is 17.4. The summed E-state index contributed by atoms with van der Waals surface area (Å²) in [4.78, 5) is 47.0. The first kappa shape index (κ1) is 40.9. The van der Waals surface area contributed by atoms with Crippen LogP contribution in [-0.4, -0.2) is 51.9 Å². The smallest absolute Gasteiger partial charge is 0.378 e. The number of nitrogens with one attached hydrogen (secondary N) is 5. The number of amides is 3. The first-order chi connectivity index (χ1) is 25.7. The predicted molar refractivity (Wildman–Crippen MR) is 208 cm³/mol. The van der Waals surface area contributed by atoms with E-state index in [1.807, 2.05) is 38.3 Å². The van der Waals surface area contributed by atoms with Crippen LogP contribution in [-0.2, 0) is 46.2 Å². The Bertz CT molecular complexity index is 1960. The van der Waals surface area contributed by atoms with Gasteiger partial charge in [0.2, 0.25) is 17.7 Å². The van der Waals surface area contributed by atoms with E-state index in [-0.39, 0.29) is 48.6 Å². The normalized spacial score (nSPS) is 17.9. The highest BCUT2D eigenvalue weighted by atomic mass is 32.1. The van der Waals surface area contributed by atoms with Crippen LogP contribution >= 0.6 is 23.6 Å². The largest absolute Gasteiger partial charge is 0.418 e. The molecule has 2 aromatic carbocycles. The quantitative estimate of drug-likeness (QED) is 0.0647. The number of hydrogen-bond acceptors (Lipinski definition) is 5. The van der Waals surface area contributed by atoms with Crippen molar-refractivity contribution < 1.29 is 31.9 Å². The number of thiophene rings is 1. The number of halogens is 4. The van der Waals surface area contributed by atoms with E-state index in [0.717, 1.165) is 12.5 Å². The fourth-order valence-electron chi connectivity index (χ4n) is 6.97. The first-order valence-corrected chi connectivity index (χ1v) is 19.6. The van der Waals surface area contributed by atoms with Gasteiger partial charge in [0, 0.05) is 28.9 Å². The van der Waals surface area contributed by atoms with Gasteiger partial charge in [0.25, 0.3) is 0 Å². The average molecular weight is 786 g/mol. The summed E-state index contributed by atoms with van der Waals surface area (Å²) < 4.78 is 56.6. The molecule has 0 spiro atoms. The van der Waals surface area contributed by atoms with Crippen molar-refractivity contribution in [3.8, 4) is 0 Å². The highest BCUT2D eigenvalue weighted by Gasteiger charge is 2.47. The summed E-state index contributed by atoms with van der Waals surface area (Å²) in [7, 11) is 0. The zero-order valence-electron chi connectivity index (χ0n) is 30.8. The Morgan fingerprint density at radius 2 is 1.69 bits per heavy atom. The molecule has 0 saturated heterocycles. The molecule has 290 valence electrons. The minimum atomic E-state index is -4.62. The molecule has 1 aliphatic rings. The summed E-state index contributed by atoms with van der Waals surface area (Å²) in [6.07, 6.45) is -2.89. The fourth-order valence-corrected chi connectivity index (χ4v) is 8.08. The number of thiocarbonyl (C=S) groups is 1. The number of alkyl halides is 3. The SMILES string of the molecule is CCC(C)[C@H](NC(=O)Cc1ccccc1F)C(=O)N[C@]1(C(=O)N[C@H](C(=S)NCCc2cccs2)C(C)CC)CCc2[nH]c3c(C(F)(F)F)cccc3c2C1. The van der Waals surface area contributed by atoms with E-state index in [1.54, 1.807) is 30.4 Å². The Labute approximate surface area is 322 Å². The molecule has 54 heavy (non-hydrogen) atoms. The summed E-state index contributed by atoms with van der Waals surface area (Å²) in [6, 6.07) is 12.1. The van der Waals surface area contributed by atoms with Crippen LogP contribution in [0.3, 0.4) is 0 Å². The third-order valence-corrected chi connectivity index (χ3v) is 11.9. The Kier molecular flexibility index (Phi) is 13.2. The molecule has 5 N–H and O–H groups in total. The van der Waals surface area contributed by atoms with Gasteiger partial charge in [0.15, 0.2) is 0 Å². The number of aromatic nitrogens is 1. The molecular formula is C40H47F4N5O3S2. The van der Waals surface area contributed by atoms with Gasteiger partial charge in [-0.15, -0.1) is 11.3 Å². The first-order valence-electron chi connectivity index (χ1n) is 18.3. The molecular weight excluding hydrogens is 739 g/mol. The van der Waals surface area contributed by atoms with Gasteiger partial charge in [0.1, 0.15) is 17.4 Å². The van der Waals surface area contributed by atoms with Crippen LogP contribution < -0.4 is 21.3 Å². The molecule has 0 saturated carbocycles. The zero-order valence-corrected chi connectivity index (χ0v) is 32.4. The van der Waals surface area contributed by atoms with Gasteiger partial charge in [-0.2, -0.15) is 13.2 Å². The van der Waals surface area contributed by atoms with Crippen LogP contribution in [0.5, 0.6) is 0 Å². The van der Waals surface area contributed by atoms with E-state index in [0.29, 0.717) is 41.0 Å². The molecule has 2 unspecified atom stereocenters. The van der Waals surface area contributed by atoms with Crippen LogP contribution in [0.25, 0.3) is 10.9 Å². The van der Waals surface area contributed by atoms with Gasteiger partial charge < -0.3 is 26.3 Å². The summed E-state index contributed by atoms with van der Waals surface area (Å²) >= 11 is 7.46. The molecule has 3 amide bonds. The van der Waals surface area contributed by atoms with E-state index >= 15 is 0 Å². The molecule has 0 aliphatic heterocycles. The second-order valence-electron chi connectivity index (χ2n) is 14.2. The minimum Gasteiger partial charge on any atom is -0.378 e. The maximum atomic E-state index is 14.8. The number of carbonyl (C=O) groups is 3. The monoisotopic (exact) mass is 785 g/mol. The molecule has 5 atom stereocenters.